The van der Waals surface area contributed by atoms with Gasteiger partial charge >= 0.3 is 12.0 Å². The molecular formula is C19H22F2N4O3S. The minimum absolute atomic E-state index is 0.133. The smallest absolute Gasteiger partial charge is 0.328 e. The molecule has 0 aliphatic carbocycles. The number of urea groups is 1. The molecule has 0 saturated heterocycles. The fourth-order valence-electron chi connectivity index (χ4n) is 3.39. The molecule has 1 aromatic carbocycles. The highest BCUT2D eigenvalue weighted by atomic mass is 32.2. The molecule has 2 heterocycles. The van der Waals surface area contributed by atoms with Crippen molar-refractivity contribution in [1.29, 1.82) is 0 Å². The molecule has 2 N–H and O–H groups in total. The zero-order valence-electron chi connectivity index (χ0n) is 16.1. The Balaban J connectivity index is 1.91. The zero-order chi connectivity index (χ0) is 21.0. The molecule has 2 amide bonds. The Morgan fingerprint density at radius 3 is 2.93 bits per heavy atom. The number of benzene rings is 1. The second kappa shape index (κ2) is 9.25. The molecule has 2 aromatic rings. The molecule has 0 unspecified atom stereocenters. The Labute approximate surface area is 171 Å². The van der Waals surface area contributed by atoms with E-state index < -0.39 is 35.7 Å². The number of rotatable bonds is 6. The number of amides is 2. The summed E-state index contributed by atoms with van der Waals surface area (Å²) in [5.74, 6) is -1.37. The van der Waals surface area contributed by atoms with E-state index in [0.29, 0.717) is 24.3 Å². The van der Waals surface area contributed by atoms with Crippen molar-refractivity contribution in [3.05, 3.63) is 53.1 Å². The van der Waals surface area contributed by atoms with E-state index in [0.717, 1.165) is 17.8 Å². The fraction of sp³-hybridized carbons (Fsp3) is 0.421. The lowest BCUT2D eigenvalue weighted by molar-refractivity contribution is -0.142. The molecule has 0 fully saturated rings. The molecule has 1 aromatic heterocycles. The lowest BCUT2D eigenvalue weighted by Gasteiger charge is -2.36. The number of H-pyrrole nitrogens is 1. The lowest BCUT2D eigenvalue weighted by atomic mass is 9.95. The molecule has 7 nitrogen and oxygen atoms in total. The van der Waals surface area contributed by atoms with Gasteiger partial charge in [0.1, 0.15) is 23.7 Å². The number of hydrogen-bond acceptors (Lipinski definition) is 5. The standard InChI is InChI=1S/C19H22F2N4O3S/c1-28-18(26)15(6-8-29-2)24-19(27)25-7-5-14-16(23-10-22-14)17(25)12-4-3-11(20)9-13(12)21/h3-4,9-10,15,17H,5-8H2,1-2H3,(H,22,23)(H,24,27)/t15-,17+/m1/s1. The molecule has 0 radical (unpaired) electrons. The van der Waals surface area contributed by atoms with Crippen molar-refractivity contribution in [3.63, 3.8) is 0 Å². The Kier molecular flexibility index (Phi) is 6.73. The van der Waals surface area contributed by atoms with Crippen LogP contribution in [0.25, 0.3) is 0 Å². The van der Waals surface area contributed by atoms with Crippen LogP contribution in [0.1, 0.15) is 29.4 Å². The van der Waals surface area contributed by atoms with Crippen molar-refractivity contribution in [2.24, 2.45) is 0 Å². The van der Waals surface area contributed by atoms with Crippen molar-refractivity contribution < 1.29 is 23.1 Å². The number of carbonyl (C=O) groups is 2. The van der Waals surface area contributed by atoms with E-state index in [-0.39, 0.29) is 12.1 Å². The monoisotopic (exact) mass is 424 g/mol. The van der Waals surface area contributed by atoms with E-state index in [2.05, 4.69) is 15.3 Å². The summed E-state index contributed by atoms with van der Waals surface area (Å²) in [4.78, 5) is 33.8. The van der Waals surface area contributed by atoms with E-state index in [1.807, 2.05) is 6.26 Å². The van der Waals surface area contributed by atoms with Crippen molar-refractivity contribution in [2.45, 2.75) is 24.9 Å². The first-order valence-electron chi connectivity index (χ1n) is 9.07. The van der Waals surface area contributed by atoms with Gasteiger partial charge in [0.2, 0.25) is 0 Å². The van der Waals surface area contributed by atoms with Crippen LogP contribution in [0.3, 0.4) is 0 Å². The highest BCUT2D eigenvalue weighted by Crippen LogP contribution is 2.35. The Bertz CT molecular complexity index is 892. The summed E-state index contributed by atoms with van der Waals surface area (Å²) in [6.45, 7) is 0.277. The number of imidazole rings is 1. The maximum Gasteiger partial charge on any atom is 0.328 e. The summed E-state index contributed by atoms with van der Waals surface area (Å²) in [6.07, 6.45) is 4.27. The van der Waals surface area contributed by atoms with Gasteiger partial charge in [-0.1, -0.05) is 6.07 Å². The van der Waals surface area contributed by atoms with Crippen LogP contribution in [0.2, 0.25) is 0 Å². The van der Waals surface area contributed by atoms with Gasteiger partial charge in [-0.15, -0.1) is 0 Å². The third-order valence-corrected chi connectivity index (χ3v) is 5.48. The molecule has 2 atom stereocenters. The number of fused-ring (bicyclic) bond motifs is 1. The zero-order valence-corrected chi connectivity index (χ0v) is 16.9. The number of carbonyl (C=O) groups excluding carboxylic acids is 2. The van der Waals surface area contributed by atoms with Gasteiger partial charge in [0.15, 0.2) is 0 Å². The average molecular weight is 424 g/mol. The third-order valence-electron chi connectivity index (χ3n) is 4.84. The maximum atomic E-state index is 14.6. The number of aromatic nitrogens is 2. The summed E-state index contributed by atoms with van der Waals surface area (Å²) >= 11 is 1.54. The van der Waals surface area contributed by atoms with Gasteiger partial charge in [0.05, 0.1) is 19.1 Å². The number of nitrogens with zero attached hydrogens (tertiary/aromatic N) is 2. The number of hydrogen-bond donors (Lipinski definition) is 2. The molecule has 29 heavy (non-hydrogen) atoms. The van der Waals surface area contributed by atoms with Crippen LogP contribution in [0.5, 0.6) is 0 Å². The molecule has 0 saturated carbocycles. The van der Waals surface area contributed by atoms with E-state index >= 15 is 0 Å². The normalized spacial score (nSPS) is 16.8. The van der Waals surface area contributed by atoms with Crippen LogP contribution in [-0.4, -0.2) is 58.6 Å². The SMILES string of the molecule is COC(=O)[C@@H](CCSC)NC(=O)N1CCc2[nH]cnc2[C@@H]1c1ccc(F)cc1F. The summed E-state index contributed by atoms with van der Waals surface area (Å²) in [5, 5.41) is 2.69. The first-order valence-corrected chi connectivity index (χ1v) is 10.5. The van der Waals surface area contributed by atoms with Gasteiger partial charge in [0.25, 0.3) is 0 Å². The van der Waals surface area contributed by atoms with Gasteiger partial charge < -0.3 is 19.9 Å². The third kappa shape index (κ3) is 4.52. The molecular weight excluding hydrogens is 402 g/mol. The van der Waals surface area contributed by atoms with E-state index in [9.17, 15) is 18.4 Å². The lowest BCUT2D eigenvalue weighted by Crippen LogP contribution is -2.51. The summed E-state index contributed by atoms with van der Waals surface area (Å²) in [5.41, 5.74) is 1.42. The first kappa shape index (κ1) is 21.1. The second-order valence-electron chi connectivity index (χ2n) is 6.58. The van der Waals surface area contributed by atoms with E-state index in [4.69, 9.17) is 4.74 Å². The molecule has 1 aliphatic rings. The number of esters is 1. The topological polar surface area (TPSA) is 87.3 Å². The Morgan fingerprint density at radius 2 is 2.24 bits per heavy atom. The number of methoxy groups -OCH3 is 1. The first-order chi connectivity index (χ1) is 14.0. The molecule has 10 heteroatoms. The van der Waals surface area contributed by atoms with Crippen molar-refractivity contribution >= 4 is 23.8 Å². The maximum absolute atomic E-state index is 14.6. The van der Waals surface area contributed by atoms with Crippen LogP contribution in [0.4, 0.5) is 13.6 Å². The Hall–Kier alpha value is -2.62. The van der Waals surface area contributed by atoms with Gasteiger partial charge in [-0.05, 0) is 24.5 Å². The number of ether oxygens (including phenoxy) is 1. The van der Waals surface area contributed by atoms with Gasteiger partial charge in [0, 0.05) is 30.3 Å². The van der Waals surface area contributed by atoms with Gasteiger partial charge in [-0.3, -0.25) is 0 Å². The van der Waals surface area contributed by atoms with Crippen LogP contribution >= 0.6 is 11.8 Å². The van der Waals surface area contributed by atoms with Crippen LogP contribution in [0.15, 0.2) is 24.5 Å². The molecule has 3 rings (SSSR count). The molecule has 0 spiro atoms. The summed E-state index contributed by atoms with van der Waals surface area (Å²) in [7, 11) is 1.26. The predicted octanol–water partition coefficient (Wildman–Crippen LogP) is 2.64. The largest absolute Gasteiger partial charge is 0.467 e. The number of aromatic amines is 1. The highest BCUT2D eigenvalue weighted by Gasteiger charge is 2.37. The molecule has 1 aliphatic heterocycles. The minimum Gasteiger partial charge on any atom is -0.467 e. The number of thioether (sulfide) groups is 1. The number of nitrogens with one attached hydrogen (secondary N) is 2. The molecule has 0 bridgehead atoms. The number of halogens is 2. The van der Waals surface area contributed by atoms with Crippen molar-refractivity contribution in [3.8, 4) is 0 Å². The summed E-state index contributed by atoms with van der Waals surface area (Å²) < 4.78 is 32.8. The van der Waals surface area contributed by atoms with E-state index in [1.54, 1.807) is 11.8 Å². The van der Waals surface area contributed by atoms with Gasteiger partial charge in [-0.25, -0.2) is 23.4 Å². The van der Waals surface area contributed by atoms with Crippen molar-refractivity contribution in [1.82, 2.24) is 20.2 Å². The molecule has 156 valence electrons. The fourth-order valence-corrected chi connectivity index (χ4v) is 3.86. The van der Waals surface area contributed by atoms with Crippen LogP contribution < -0.4 is 5.32 Å². The summed E-state index contributed by atoms with van der Waals surface area (Å²) in [6, 6.07) is 1.03. The van der Waals surface area contributed by atoms with Crippen molar-refractivity contribution in [2.75, 3.05) is 25.7 Å². The Morgan fingerprint density at radius 1 is 1.45 bits per heavy atom. The van der Waals surface area contributed by atoms with Crippen LogP contribution in [0, 0.1) is 11.6 Å². The van der Waals surface area contributed by atoms with E-state index in [1.165, 1.54) is 24.4 Å². The highest BCUT2D eigenvalue weighted by molar-refractivity contribution is 7.98. The van der Waals surface area contributed by atoms with Crippen LogP contribution in [-0.2, 0) is 16.0 Å². The average Bonchev–Trinajstić information content (AvgIpc) is 3.19. The van der Waals surface area contributed by atoms with Gasteiger partial charge in [-0.2, -0.15) is 11.8 Å². The predicted molar refractivity (Wildman–Crippen MR) is 105 cm³/mol. The second-order valence-corrected chi connectivity index (χ2v) is 7.57. The quantitative estimate of drug-likeness (QED) is 0.697. The minimum atomic E-state index is -0.843.